The molecule has 12 heavy (non-hydrogen) atoms. The maximum absolute atomic E-state index is 13.0. The van der Waals surface area contributed by atoms with E-state index in [4.69, 9.17) is 0 Å². The van der Waals surface area contributed by atoms with Gasteiger partial charge < -0.3 is 5.32 Å². The van der Waals surface area contributed by atoms with Crippen LogP contribution < -0.4 is 5.32 Å². The molecule has 1 N–H and O–H groups in total. The van der Waals surface area contributed by atoms with Crippen molar-refractivity contribution in [2.75, 3.05) is 6.54 Å². The summed E-state index contributed by atoms with van der Waals surface area (Å²) >= 11 is 3.24. The average Bonchev–Trinajstić information content (AvgIpc) is 1.95. The van der Waals surface area contributed by atoms with Crippen LogP contribution in [0.3, 0.4) is 0 Å². The first-order chi connectivity index (χ1) is 5.79. The minimum atomic E-state index is -0.179. The van der Waals surface area contributed by atoms with E-state index in [0.717, 1.165) is 18.5 Å². The smallest absolute Gasteiger partial charge is 0.137 e. The third-order valence-corrected chi connectivity index (χ3v) is 3.02. The van der Waals surface area contributed by atoms with Crippen LogP contribution in [0.15, 0.2) is 22.7 Å². The van der Waals surface area contributed by atoms with E-state index in [-0.39, 0.29) is 5.82 Å². The standard InChI is InChI=1S/C9H9BrFN/c10-9-6(8-4-5-12-8)2-1-3-7(9)11/h1-3,8,12H,4-5H2/t8-/m0/s1. The first-order valence-electron chi connectivity index (χ1n) is 3.96. The Kier molecular flexibility index (Phi) is 2.15. The van der Waals surface area contributed by atoms with Crippen molar-refractivity contribution in [1.29, 1.82) is 0 Å². The highest BCUT2D eigenvalue weighted by molar-refractivity contribution is 9.10. The lowest BCUT2D eigenvalue weighted by Gasteiger charge is -2.28. The van der Waals surface area contributed by atoms with Gasteiger partial charge in [0.2, 0.25) is 0 Å². The third-order valence-electron chi connectivity index (χ3n) is 2.18. The molecule has 1 nitrogen and oxygen atoms in total. The summed E-state index contributed by atoms with van der Waals surface area (Å²) in [4.78, 5) is 0. The van der Waals surface area contributed by atoms with Crippen molar-refractivity contribution in [3.8, 4) is 0 Å². The molecule has 0 radical (unpaired) electrons. The summed E-state index contributed by atoms with van der Waals surface area (Å²) in [6.07, 6.45) is 1.10. The molecular weight excluding hydrogens is 221 g/mol. The van der Waals surface area contributed by atoms with Gasteiger partial charge in [-0.1, -0.05) is 12.1 Å². The van der Waals surface area contributed by atoms with Crippen LogP contribution in [0.5, 0.6) is 0 Å². The van der Waals surface area contributed by atoms with E-state index in [1.807, 2.05) is 6.07 Å². The van der Waals surface area contributed by atoms with Crippen LogP contribution >= 0.6 is 15.9 Å². The molecule has 1 aliphatic rings. The summed E-state index contributed by atoms with van der Waals surface area (Å²) in [5, 5.41) is 3.23. The summed E-state index contributed by atoms with van der Waals surface area (Å²) in [5.74, 6) is -0.179. The van der Waals surface area contributed by atoms with E-state index in [2.05, 4.69) is 21.2 Å². The minimum absolute atomic E-state index is 0.179. The molecule has 1 fully saturated rings. The van der Waals surface area contributed by atoms with Gasteiger partial charge in [0.05, 0.1) is 4.47 Å². The molecule has 1 saturated heterocycles. The molecule has 0 aliphatic carbocycles. The quantitative estimate of drug-likeness (QED) is 0.781. The summed E-state index contributed by atoms with van der Waals surface area (Å²) in [7, 11) is 0. The summed E-state index contributed by atoms with van der Waals surface area (Å²) in [6.45, 7) is 1.04. The minimum Gasteiger partial charge on any atom is -0.310 e. The second-order valence-corrected chi connectivity index (χ2v) is 3.73. The summed E-state index contributed by atoms with van der Waals surface area (Å²) < 4.78 is 13.6. The maximum atomic E-state index is 13.0. The van der Waals surface area contributed by atoms with Crippen molar-refractivity contribution in [3.63, 3.8) is 0 Å². The average molecular weight is 230 g/mol. The van der Waals surface area contributed by atoms with E-state index in [9.17, 15) is 4.39 Å². The van der Waals surface area contributed by atoms with Gasteiger partial charge in [0.15, 0.2) is 0 Å². The Morgan fingerprint density at radius 1 is 1.50 bits per heavy atom. The molecule has 3 heteroatoms. The molecule has 64 valence electrons. The molecular formula is C9H9BrFN. The first-order valence-corrected chi connectivity index (χ1v) is 4.75. The van der Waals surface area contributed by atoms with Gasteiger partial charge in [-0.2, -0.15) is 0 Å². The van der Waals surface area contributed by atoms with E-state index < -0.39 is 0 Å². The van der Waals surface area contributed by atoms with Crippen LogP contribution in [0.25, 0.3) is 0 Å². The predicted octanol–water partition coefficient (Wildman–Crippen LogP) is 2.62. The highest BCUT2D eigenvalue weighted by atomic mass is 79.9. The Labute approximate surface area is 79.1 Å². The highest BCUT2D eigenvalue weighted by Crippen LogP contribution is 2.30. The fraction of sp³-hybridized carbons (Fsp3) is 0.333. The summed E-state index contributed by atoms with van der Waals surface area (Å²) in [6, 6.07) is 5.50. The van der Waals surface area contributed by atoms with Crippen LogP contribution in [0.2, 0.25) is 0 Å². The van der Waals surface area contributed by atoms with Gasteiger partial charge in [0, 0.05) is 6.04 Å². The lowest BCUT2D eigenvalue weighted by atomic mass is 9.98. The molecule has 0 bridgehead atoms. The van der Waals surface area contributed by atoms with Gasteiger partial charge in [0.25, 0.3) is 0 Å². The Balaban J connectivity index is 2.36. The lowest BCUT2D eigenvalue weighted by molar-refractivity contribution is 0.380. The van der Waals surface area contributed by atoms with E-state index in [1.54, 1.807) is 6.07 Å². The van der Waals surface area contributed by atoms with Crippen molar-refractivity contribution in [2.45, 2.75) is 12.5 Å². The fourth-order valence-electron chi connectivity index (χ4n) is 1.34. The second-order valence-electron chi connectivity index (χ2n) is 2.94. The van der Waals surface area contributed by atoms with Crippen molar-refractivity contribution in [1.82, 2.24) is 5.32 Å². The molecule has 1 aliphatic heterocycles. The Morgan fingerprint density at radius 3 is 2.83 bits per heavy atom. The third kappa shape index (κ3) is 1.27. The van der Waals surface area contributed by atoms with Crippen molar-refractivity contribution in [2.24, 2.45) is 0 Å². The number of hydrogen-bond donors (Lipinski definition) is 1. The number of hydrogen-bond acceptors (Lipinski definition) is 1. The van der Waals surface area contributed by atoms with Crippen LogP contribution in [0, 0.1) is 5.82 Å². The molecule has 1 heterocycles. The number of halogens is 2. The zero-order valence-electron chi connectivity index (χ0n) is 6.48. The monoisotopic (exact) mass is 229 g/mol. The van der Waals surface area contributed by atoms with Gasteiger partial charge >= 0.3 is 0 Å². The van der Waals surface area contributed by atoms with E-state index in [1.165, 1.54) is 6.07 Å². The summed E-state index contributed by atoms with van der Waals surface area (Å²) in [5.41, 5.74) is 1.03. The number of rotatable bonds is 1. The largest absolute Gasteiger partial charge is 0.310 e. The first kappa shape index (κ1) is 8.20. The zero-order valence-corrected chi connectivity index (χ0v) is 8.07. The molecule has 0 saturated carbocycles. The topological polar surface area (TPSA) is 12.0 Å². The van der Waals surface area contributed by atoms with Gasteiger partial charge in [-0.25, -0.2) is 4.39 Å². The maximum Gasteiger partial charge on any atom is 0.137 e. The van der Waals surface area contributed by atoms with Crippen molar-refractivity contribution >= 4 is 15.9 Å². The highest BCUT2D eigenvalue weighted by Gasteiger charge is 2.21. The van der Waals surface area contributed by atoms with Gasteiger partial charge in [-0.05, 0) is 40.5 Å². The van der Waals surface area contributed by atoms with Gasteiger partial charge in [-0.3, -0.25) is 0 Å². The van der Waals surface area contributed by atoms with Crippen LogP contribution in [0.1, 0.15) is 18.0 Å². The Morgan fingerprint density at radius 2 is 2.25 bits per heavy atom. The zero-order chi connectivity index (χ0) is 8.55. The molecule has 1 aromatic carbocycles. The molecule has 0 unspecified atom stereocenters. The molecule has 2 rings (SSSR count). The van der Waals surface area contributed by atoms with Gasteiger partial charge in [0.1, 0.15) is 5.82 Å². The molecule has 1 aromatic rings. The Hall–Kier alpha value is -0.410. The SMILES string of the molecule is Fc1cccc([C@@H]2CCN2)c1Br. The van der Waals surface area contributed by atoms with Crippen molar-refractivity contribution in [3.05, 3.63) is 34.1 Å². The normalized spacial score (nSPS) is 22.0. The predicted molar refractivity (Wildman–Crippen MR) is 49.5 cm³/mol. The molecule has 1 atom stereocenters. The van der Waals surface area contributed by atoms with Gasteiger partial charge in [-0.15, -0.1) is 0 Å². The number of nitrogens with one attached hydrogen (secondary N) is 1. The molecule has 0 spiro atoms. The van der Waals surface area contributed by atoms with E-state index in [0.29, 0.717) is 10.5 Å². The molecule has 0 amide bonds. The number of benzene rings is 1. The fourth-order valence-corrected chi connectivity index (χ4v) is 1.88. The van der Waals surface area contributed by atoms with E-state index >= 15 is 0 Å². The van der Waals surface area contributed by atoms with Crippen molar-refractivity contribution < 1.29 is 4.39 Å². The lowest BCUT2D eigenvalue weighted by Crippen LogP contribution is -2.35. The van der Waals surface area contributed by atoms with Crippen LogP contribution in [-0.2, 0) is 0 Å². The Bertz CT molecular complexity index is 297. The van der Waals surface area contributed by atoms with Crippen LogP contribution in [0.4, 0.5) is 4.39 Å². The molecule has 0 aromatic heterocycles. The second kappa shape index (κ2) is 3.15. The van der Waals surface area contributed by atoms with Crippen LogP contribution in [-0.4, -0.2) is 6.54 Å².